The van der Waals surface area contributed by atoms with Gasteiger partial charge in [0.05, 0.1) is 17.1 Å². The van der Waals surface area contributed by atoms with Gasteiger partial charge in [-0.3, -0.25) is 4.90 Å². The molecule has 7 nitrogen and oxygen atoms in total. The number of rotatable bonds is 12. The zero-order valence-electron chi connectivity index (χ0n) is 22.1. The SMILES string of the molecule is CC(C)(C)OC(=O)NCC(O)c1cccc(OC[C@H](O)CN(Cc2ccccc2)Cc2ccccc2)c1Br. The fourth-order valence-corrected chi connectivity index (χ4v) is 4.55. The van der Waals surface area contributed by atoms with E-state index in [9.17, 15) is 15.0 Å². The molecular formula is C30H37BrN2O5. The van der Waals surface area contributed by atoms with Gasteiger partial charge in [0.15, 0.2) is 0 Å². The molecule has 8 heteroatoms. The summed E-state index contributed by atoms with van der Waals surface area (Å²) in [6.45, 7) is 7.20. The summed E-state index contributed by atoms with van der Waals surface area (Å²) >= 11 is 3.51. The number of aliphatic hydroxyl groups excluding tert-OH is 2. The molecule has 0 spiro atoms. The van der Waals surface area contributed by atoms with Gasteiger partial charge < -0.3 is 25.0 Å². The van der Waals surface area contributed by atoms with Crippen LogP contribution in [0.2, 0.25) is 0 Å². The maximum absolute atomic E-state index is 11.9. The van der Waals surface area contributed by atoms with E-state index in [0.29, 0.717) is 35.4 Å². The smallest absolute Gasteiger partial charge is 0.407 e. The van der Waals surface area contributed by atoms with E-state index in [1.165, 1.54) is 11.1 Å². The molecule has 38 heavy (non-hydrogen) atoms. The fourth-order valence-electron chi connectivity index (χ4n) is 3.91. The van der Waals surface area contributed by atoms with Crippen molar-refractivity contribution in [2.75, 3.05) is 19.7 Å². The standard InChI is InChI=1S/C30H37BrN2O5/c1-30(2,3)38-29(36)32-17-26(35)25-15-10-16-27(28(25)31)37-21-24(34)20-33(18-22-11-6-4-7-12-22)19-23-13-8-5-9-14-23/h4-16,24,26,34-35H,17-21H2,1-3H3,(H,32,36)/t24-,26?/m1/s1. The normalized spacial score (nSPS) is 13.1. The van der Waals surface area contributed by atoms with Crippen LogP contribution >= 0.6 is 15.9 Å². The zero-order valence-corrected chi connectivity index (χ0v) is 23.7. The van der Waals surface area contributed by atoms with E-state index in [4.69, 9.17) is 9.47 Å². The lowest BCUT2D eigenvalue weighted by atomic mass is 10.1. The summed E-state index contributed by atoms with van der Waals surface area (Å²) in [5, 5.41) is 24.1. The Labute approximate surface area is 233 Å². The molecule has 2 atom stereocenters. The van der Waals surface area contributed by atoms with Gasteiger partial charge in [-0.2, -0.15) is 0 Å². The van der Waals surface area contributed by atoms with Crippen molar-refractivity contribution >= 4 is 22.0 Å². The van der Waals surface area contributed by atoms with Crippen molar-refractivity contribution in [2.24, 2.45) is 0 Å². The number of hydrogen-bond donors (Lipinski definition) is 3. The lowest BCUT2D eigenvalue weighted by Crippen LogP contribution is -2.35. The molecule has 3 aromatic carbocycles. The first-order chi connectivity index (χ1) is 18.1. The first-order valence-corrected chi connectivity index (χ1v) is 13.4. The van der Waals surface area contributed by atoms with Crippen molar-refractivity contribution in [3.63, 3.8) is 0 Å². The number of ether oxygens (including phenoxy) is 2. The Bertz CT molecular complexity index is 1100. The lowest BCUT2D eigenvalue weighted by molar-refractivity contribution is 0.0490. The summed E-state index contributed by atoms with van der Waals surface area (Å²) in [6.07, 6.45) is -2.31. The van der Waals surface area contributed by atoms with E-state index in [1.807, 2.05) is 36.4 Å². The third kappa shape index (κ3) is 10.1. The van der Waals surface area contributed by atoms with Gasteiger partial charge in [-0.25, -0.2) is 4.79 Å². The molecule has 0 aliphatic rings. The molecular weight excluding hydrogens is 548 g/mol. The number of amides is 1. The highest BCUT2D eigenvalue weighted by Crippen LogP contribution is 2.32. The van der Waals surface area contributed by atoms with E-state index >= 15 is 0 Å². The number of nitrogens with zero attached hydrogens (tertiary/aromatic N) is 1. The number of hydrogen-bond acceptors (Lipinski definition) is 6. The maximum atomic E-state index is 11.9. The van der Waals surface area contributed by atoms with Crippen LogP contribution in [-0.2, 0) is 17.8 Å². The number of carbonyl (C=O) groups is 1. The number of carbonyl (C=O) groups excluding carboxylic acids is 1. The van der Waals surface area contributed by atoms with Crippen LogP contribution in [0.5, 0.6) is 5.75 Å². The van der Waals surface area contributed by atoms with Gasteiger partial charge in [-0.1, -0.05) is 72.8 Å². The Balaban J connectivity index is 1.58. The van der Waals surface area contributed by atoms with E-state index in [1.54, 1.807) is 39.0 Å². The summed E-state index contributed by atoms with van der Waals surface area (Å²) in [4.78, 5) is 14.1. The monoisotopic (exact) mass is 584 g/mol. The first kappa shape index (κ1) is 29.6. The minimum Gasteiger partial charge on any atom is -0.490 e. The number of aliphatic hydroxyl groups is 2. The Morgan fingerprint density at radius 2 is 1.50 bits per heavy atom. The molecule has 1 amide bonds. The minimum atomic E-state index is -0.974. The summed E-state index contributed by atoms with van der Waals surface area (Å²) in [6, 6.07) is 25.6. The molecule has 204 valence electrons. The number of nitrogens with one attached hydrogen (secondary N) is 1. The number of alkyl carbamates (subject to hydrolysis) is 1. The van der Waals surface area contributed by atoms with Gasteiger partial charge in [0, 0.05) is 25.2 Å². The summed E-state index contributed by atoms with van der Waals surface area (Å²) in [5.74, 6) is 0.496. The summed E-state index contributed by atoms with van der Waals surface area (Å²) < 4.78 is 11.7. The molecule has 0 radical (unpaired) electrons. The minimum absolute atomic E-state index is 0.0203. The highest BCUT2D eigenvalue weighted by Gasteiger charge is 2.20. The van der Waals surface area contributed by atoms with Crippen LogP contribution in [0.3, 0.4) is 0 Å². The molecule has 0 heterocycles. The van der Waals surface area contributed by atoms with Crippen molar-refractivity contribution in [1.82, 2.24) is 10.2 Å². The molecule has 3 rings (SSSR count). The second-order valence-electron chi connectivity index (χ2n) is 10.2. The van der Waals surface area contributed by atoms with Crippen LogP contribution in [0.15, 0.2) is 83.3 Å². The zero-order chi connectivity index (χ0) is 27.5. The van der Waals surface area contributed by atoms with Crippen molar-refractivity contribution in [2.45, 2.75) is 51.7 Å². The Hall–Kier alpha value is -2.91. The van der Waals surface area contributed by atoms with Gasteiger partial charge in [0.2, 0.25) is 0 Å². The van der Waals surface area contributed by atoms with Crippen LogP contribution in [-0.4, -0.2) is 52.6 Å². The van der Waals surface area contributed by atoms with Crippen LogP contribution in [0.4, 0.5) is 4.79 Å². The van der Waals surface area contributed by atoms with Gasteiger partial charge in [-0.15, -0.1) is 0 Å². The molecule has 0 bridgehead atoms. The van der Waals surface area contributed by atoms with Crippen LogP contribution in [0, 0.1) is 0 Å². The van der Waals surface area contributed by atoms with Crippen molar-refractivity contribution in [3.8, 4) is 5.75 Å². The highest BCUT2D eigenvalue weighted by atomic mass is 79.9. The van der Waals surface area contributed by atoms with E-state index in [2.05, 4.69) is 50.4 Å². The Morgan fingerprint density at radius 3 is 2.05 bits per heavy atom. The first-order valence-electron chi connectivity index (χ1n) is 12.6. The molecule has 0 aliphatic heterocycles. The van der Waals surface area contributed by atoms with Gasteiger partial charge in [-0.05, 0) is 53.9 Å². The van der Waals surface area contributed by atoms with Gasteiger partial charge in [0.1, 0.15) is 24.1 Å². The lowest BCUT2D eigenvalue weighted by Gasteiger charge is -2.26. The molecule has 3 aromatic rings. The molecule has 0 aliphatic carbocycles. The molecule has 0 fully saturated rings. The Kier molecular flexibility index (Phi) is 11.2. The topological polar surface area (TPSA) is 91.3 Å². The second kappa shape index (κ2) is 14.3. The number of benzene rings is 3. The van der Waals surface area contributed by atoms with Crippen molar-refractivity contribution < 1.29 is 24.5 Å². The van der Waals surface area contributed by atoms with E-state index in [0.717, 1.165) is 0 Å². The van der Waals surface area contributed by atoms with E-state index in [-0.39, 0.29) is 13.2 Å². The third-order valence-electron chi connectivity index (χ3n) is 5.59. The quantitative estimate of drug-likeness (QED) is 0.262. The molecule has 3 N–H and O–H groups in total. The van der Waals surface area contributed by atoms with Crippen LogP contribution in [0.25, 0.3) is 0 Å². The summed E-state index contributed by atoms with van der Waals surface area (Å²) in [7, 11) is 0. The molecule has 0 saturated carbocycles. The predicted molar refractivity (Wildman–Crippen MR) is 152 cm³/mol. The average molecular weight is 586 g/mol. The van der Waals surface area contributed by atoms with Crippen LogP contribution in [0.1, 0.15) is 43.6 Å². The van der Waals surface area contributed by atoms with Gasteiger partial charge >= 0.3 is 6.09 Å². The molecule has 0 aromatic heterocycles. The van der Waals surface area contributed by atoms with E-state index < -0.39 is 23.9 Å². The Morgan fingerprint density at radius 1 is 0.921 bits per heavy atom. The largest absolute Gasteiger partial charge is 0.490 e. The second-order valence-corrected chi connectivity index (χ2v) is 11.0. The predicted octanol–water partition coefficient (Wildman–Crippen LogP) is 5.45. The molecule has 0 saturated heterocycles. The number of halogens is 1. The fraction of sp³-hybridized carbons (Fsp3) is 0.367. The van der Waals surface area contributed by atoms with Crippen LogP contribution < -0.4 is 10.1 Å². The third-order valence-corrected chi connectivity index (χ3v) is 6.44. The van der Waals surface area contributed by atoms with Crippen molar-refractivity contribution in [1.29, 1.82) is 0 Å². The highest BCUT2D eigenvalue weighted by molar-refractivity contribution is 9.10. The molecule has 1 unspecified atom stereocenters. The van der Waals surface area contributed by atoms with Crippen molar-refractivity contribution in [3.05, 3.63) is 100 Å². The maximum Gasteiger partial charge on any atom is 0.407 e. The summed E-state index contributed by atoms with van der Waals surface area (Å²) in [5.41, 5.74) is 2.27. The van der Waals surface area contributed by atoms with Gasteiger partial charge in [0.25, 0.3) is 0 Å². The average Bonchev–Trinajstić information content (AvgIpc) is 2.87.